The lowest BCUT2D eigenvalue weighted by Gasteiger charge is -2.33. The molecule has 168 valence electrons. The van der Waals surface area contributed by atoms with E-state index in [1.54, 1.807) is 25.1 Å². The first-order chi connectivity index (χ1) is 14.5. The quantitative estimate of drug-likeness (QED) is 0.671. The molecule has 0 saturated heterocycles. The number of anilines is 1. The lowest BCUT2D eigenvalue weighted by Crippen LogP contribution is -2.47. The maximum Gasteiger partial charge on any atom is 0.393 e. The Morgan fingerprint density at radius 2 is 1.74 bits per heavy atom. The number of benzene rings is 2. The fourth-order valence-corrected chi connectivity index (χ4v) is 4.95. The minimum atomic E-state index is -4.39. The van der Waals surface area contributed by atoms with Crippen molar-refractivity contribution in [3.8, 4) is 0 Å². The van der Waals surface area contributed by atoms with Crippen molar-refractivity contribution in [2.45, 2.75) is 56.6 Å². The van der Waals surface area contributed by atoms with Crippen LogP contribution >= 0.6 is 0 Å². The summed E-state index contributed by atoms with van der Waals surface area (Å²) in [5.74, 6) is -2.30. The zero-order valence-electron chi connectivity index (χ0n) is 17.3. The Bertz CT molecular complexity index is 1070. The van der Waals surface area contributed by atoms with Gasteiger partial charge in [0.15, 0.2) is 0 Å². The van der Waals surface area contributed by atoms with Gasteiger partial charge in [0.2, 0.25) is 0 Å². The van der Waals surface area contributed by atoms with Crippen LogP contribution in [0.3, 0.4) is 0 Å². The van der Waals surface area contributed by atoms with E-state index in [0.717, 1.165) is 5.56 Å². The SMILES string of the molecule is Cc1cccc(NS(=O)(=O)c2ccc(C)c(C(=O)NC3CCCCC3C(F)(F)F)c2)c1. The molecule has 2 unspecified atom stereocenters. The molecule has 0 bridgehead atoms. The van der Waals surface area contributed by atoms with Crippen LogP contribution in [0.4, 0.5) is 18.9 Å². The summed E-state index contributed by atoms with van der Waals surface area (Å²) in [5.41, 5.74) is 1.77. The van der Waals surface area contributed by atoms with Gasteiger partial charge in [-0.15, -0.1) is 0 Å². The molecule has 1 aliphatic carbocycles. The number of rotatable bonds is 5. The molecule has 0 aromatic heterocycles. The van der Waals surface area contributed by atoms with Crippen molar-refractivity contribution in [1.29, 1.82) is 0 Å². The molecule has 1 fully saturated rings. The molecule has 1 aliphatic rings. The average molecular weight is 455 g/mol. The van der Waals surface area contributed by atoms with Crippen molar-refractivity contribution in [2.75, 3.05) is 4.72 Å². The molecule has 1 saturated carbocycles. The molecule has 1 amide bonds. The van der Waals surface area contributed by atoms with E-state index in [0.29, 0.717) is 24.1 Å². The second kappa shape index (κ2) is 8.90. The topological polar surface area (TPSA) is 75.3 Å². The Hall–Kier alpha value is -2.55. The van der Waals surface area contributed by atoms with E-state index < -0.39 is 34.1 Å². The minimum absolute atomic E-state index is 0.0255. The van der Waals surface area contributed by atoms with E-state index in [4.69, 9.17) is 0 Å². The second-order valence-corrected chi connectivity index (χ2v) is 9.65. The van der Waals surface area contributed by atoms with Gasteiger partial charge < -0.3 is 5.32 Å². The second-order valence-electron chi connectivity index (χ2n) is 7.96. The van der Waals surface area contributed by atoms with Crippen molar-refractivity contribution in [1.82, 2.24) is 5.32 Å². The molecule has 2 N–H and O–H groups in total. The van der Waals surface area contributed by atoms with Crippen LogP contribution in [0.5, 0.6) is 0 Å². The molecule has 2 atom stereocenters. The lowest BCUT2D eigenvalue weighted by atomic mass is 9.84. The van der Waals surface area contributed by atoms with Crippen LogP contribution in [-0.4, -0.2) is 26.5 Å². The van der Waals surface area contributed by atoms with Gasteiger partial charge in [-0.25, -0.2) is 8.42 Å². The summed E-state index contributed by atoms with van der Waals surface area (Å²) < 4.78 is 68.0. The standard InChI is InChI=1S/C22H25F3N2O3S/c1-14-6-5-7-16(12-14)27-31(29,30)17-11-10-15(2)18(13-17)21(28)26-20-9-4-3-8-19(20)22(23,24)25/h5-7,10-13,19-20,27H,3-4,8-9H2,1-2H3,(H,26,28). The number of nitrogens with one attached hydrogen (secondary N) is 2. The summed E-state index contributed by atoms with van der Waals surface area (Å²) in [5, 5.41) is 2.49. The third-order valence-corrected chi connectivity index (χ3v) is 6.92. The van der Waals surface area contributed by atoms with Crippen molar-refractivity contribution in [3.05, 3.63) is 59.2 Å². The van der Waals surface area contributed by atoms with E-state index in [1.165, 1.54) is 18.2 Å². The fourth-order valence-electron chi connectivity index (χ4n) is 3.88. The first kappa shape index (κ1) is 23.1. The number of halogens is 3. The van der Waals surface area contributed by atoms with E-state index >= 15 is 0 Å². The number of hydrogen-bond donors (Lipinski definition) is 2. The molecule has 0 aliphatic heterocycles. The van der Waals surface area contributed by atoms with Crippen molar-refractivity contribution in [3.63, 3.8) is 0 Å². The van der Waals surface area contributed by atoms with Gasteiger partial charge in [-0.1, -0.05) is 31.0 Å². The van der Waals surface area contributed by atoms with Crippen LogP contribution < -0.4 is 10.0 Å². The normalized spacial score (nSPS) is 19.6. The largest absolute Gasteiger partial charge is 0.393 e. The first-order valence-electron chi connectivity index (χ1n) is 10.0. The minimum Gasteiger partial charge on any atom is -0.349 e. The van der Waals surface area contributed by atoms with Gasteiger partial charge in [0.25, 0.3) is 15.9 Å². The van der Waals surface area contributed by atoms with Crippen LogP contribution in [0, 0.1) is 19.8 Å². The smallest absolute Gasteiger partial charge is 0.349 e. The van der Waals surface area contributed by atoms with Crippen LogP contribution in [0.15, 0.2) is 47.4 Å². The van der Waals surface area contributed by atoms with Crippen LogP contribution in [-0.2, 0) is 10.0 Å². The van der Waals surface area contributed by atoms with Gasteiger partial charge in [-0.2, -0.15) is 13.2 Å². The number of hydrogen-bond acceptors (Lipinski definition) is 3. The van der Waals surface area contributed by atoms with Crippen molar-refractivity contribution < 1.29 is 26.4 Å². The van der Waals surface area contributed by atoms with E-state index in [1.807, 2.05) is 13.0 Å². The van der Waals surface area contributed by atoms with E-state index in [2.05, 4.69) is 10.0 Å². The highest BCUT2D eigenvalue weighted by Crippen LogP contribution is 2.38. The maximum absolute atomic E-state index is 13.3. The molecule has 31 heavy (non-hydrogen) atoms. The number of sulfonamides is 1. The maximum atomic E-state index is 13.3. The highest BCUT2D eigenvalue weighted by atomic mass is 32.2. The van der Waals surface area contributed by atoms with Crippen LogP contribution in [0.25, 0.3) is 0 Å². The molecule has 0 spiro atoms. The van der Waals surface area contributed by atoms with Crippen molar-refractivity contribution in [2.24, 2.45) is 5.92 Å². The fraction of sp³-hybridized carbons (Fsp3) is 0.409. The molecule has 9 heteroatoms. The number of alkyl halides is 3. The van der Waals surface area contributed by atoms with E-state index in [-0.39, 0.29) is 23.3 Å². The first-order valence-corrected chi connectivity index (χ1v) is 11.5. The predicted molar refractivity (Wildman–Crippen MR) is 112 cm³/mol. The molecular weight excluding hydrogens is 429 g/mol. The molecule has 2 aromatic carbocycles. The lowest BCUT2D eigenvalue weighted by molar-refractivity contribution is -0.187. The monoisotopic (exact) mass is 454 g/mol. The zero-order valence-corrected chi connectivity index (χ0v) is 18.1. The molecule has 2 aromatic rings. The Balaban J connectivity index is 1.84. The third-order valence-electron chi connectivity index (χ3n) is 5.54. The van der Waals surface area contributed by atoms with E-state index in [9.17, 15) is 26.4 Å². The molecule has 0 heterocycles. The zero-order chi connectivity index (χ0) is 22.8. The summed E-state index contributed by atoms with van der Waals surface area (Å²) in [6.07, 6.45) is -3.11. The average Bonchev–Trinajstić information content (AvgIpc) is 2.67. The Morgan fingerprint density at radius 3 is 2.42 bits per heavy atom. The summed E-state index contributed by atoms with van der Waals surface area (Å²) in [7, 11) is -3.98. The highest BCUT2D eigenvalue weighted by Gasteiger charge is 2.46. The molecule has 3 rings (SSSR count). The van der Waals surface area contributed by atoms with Gasteiger partial charge in [0.1, 0.15) is 0 Å². The number of aryl methyl sites for hydroxylation is 2. The Labute approximate surface area is 180 Å². The van der Waals surface area contributed by atoms with Gasteiger partial charge in [-0.05, 0) is 62.1 Å². The third kappa shape index (κ3) is 5.58. The van der Waals surface area contributed by atoms with Gasteiger partial charge in [0.05, 0.1) is 10.8 Å². The molecule has 0 radical (unpaired) electrons. The van der Waals surface area contributed by atoms with Gasteiger partial charge >= 0.3 is 6.18 Å². The van der Waals surface area contributed by atoms with Crippen LogP contribution in [0.2, 0.25) is 0 Å². The summed E-state index contributed by atoms with van der Waals surface area (Å²) in [4.78, 5) is 12.7. The molecular formula is C22H25F3N2O3S. The summed E-state index contributed by atoms with van der Waals surface area (Å²) in [6, 6.07) is 9.83. The van der Waals surface area contributed by atoms with Crippen molar-refractivity contribution >= 4 is 21.6 Å². The predicted octanol–water partition coefficient (Wildman–Crippen LogP) is 4.96. The van der Waals surface area contributed by atoms with Crippen LogP contribution in [0.1, 0.15) is 47.2 Å². The Kier molecular flexibility index (Phi) is 6.64. The Morgan fingerprint density at radius 1 is 1.03 bits per heavy atom. The number of carbonyl (C=O) groups excluding carboxylic acids is 1. The summed E-state index contributed by atoms with van der Waals surface area (Å²) in [6.45, 7) is 3.44. The summed E-state index contributed by atoms with van der Waals surface area (Å²) >= 11 is 0. The molecule has 5 nitrogen and oxygen atoms in total. The number of amides is 1. The number of carbonyl (C=O) groups is 1. The van der Waals surface area contributed by atoms with Gasteiger partial charge in [0, 0.05) is 17.3 Å². The van der Waals surface area contributed by atoms with Gasteiger partial charge in [-0.3, -0.25) is 9.52 Å². The highest BCUT2D eigenvalue weighted by molar-refractivity contribution is 7.92.